The van der Waals surface area contributed by atoms with Crippen LogP contribution in [0.5, 0.6) is 5.75 Å². The molecule has 322 valence electrons. The zero-order valence-corrected chi connectivity index (χ0v) is 34.8. The number of esters is 1. The van der Waals surface area contributed by atoms with Gasteiger partial charge in [0.15, 0.2) is 5.60 Å². The fourth-order valence-corrected chi connectivity index (χ4v) is 9.70. The number of carbonyl (C=O) groups excluding carboxylic acids is 1. The number of nitrogens with one attached hydrogen (secondary N) is 1. The van der Waals surface area contributed by atoms with E-state index in [1.165, 1.54) is 22.8 Å². The number of aliphatic imine (C=N–C) groups is 1. The third-order valence-electron chi connectivity index (χ3n) is 10.7. The summed E-state index contributed by atoms with van der Waals surface area (Å²) in [5.74, 6) is -0.413. The van der Waals surface area contributed by atoms with Gasteiger partial charge in [-0.05, 0) is 68.5 Å². The highest BCUT2D eigenvalue weighted by Crippen LogP contribution is 2.49. The molecular formula is C40H50N6O12P2. The van der Waals surface area contributed by atoms with E-state index in [1.807, 2.05) is 24.3 Å². The van der Waals surface area contributed by atoms with Gasteiger partial charge < -0.3 is 39.7 Å². The van der Waals surface area contributed by atoms with Gasteiger partial charge in [0.05, 0.1) is 31.1 Å². The van der Waals surface area contributed by atoms with Crippen molar-refractivity contribution in [1.82, 2.24) is 14.7 Å². The summed E-state index contributed by atoms with van der Waals surface area (Å²) >= 11 is 0. The Kier molecular flexibility index (Phi) is 13.7. The van der Waals surface area contributed by atoms with E-state index in [-0.39, 0.29) is 30.7 Å². The van der Waals surface area contributed by atoms with E-state index in [0.29, 0.717) is 16.6 Å². The molecule has 20 heteroatoms. The molecule has 3 aromatic carbocycles. The number of aliphatic hydroxyl groups is 2. The number of nitrogens with two attached hydrogens (primary N) is 1. The Morgan fingerprint density at radius 2 is 1.75 bits per heavy atom. The number of hydrogen-bond donors (Lipinski definition) is 5. The number of ether oxygens (including phenoxy) is 2. The summed E-state index contributed by atoms with van der Waals surface area (Å²) < 4.78 is 63.2. The molecule has 2 aliphatic heterocycles. The number of phosphoric ester groups is 1. The van der Waals surface area contributed by atoms with Gasteiger partial charge in [-0.25, -0.2) is 13.8 Å². The van der Waals surface area contributed by atoms with E-state index >= 15 is 0 Å². The molecule has 1 saturated heterocycles. The summed E-state index contributed by atoms with van der Waals surface area (Å²) in [6.45, 7) is 3.64. The largest absolute Gasteiger partial charge is 0.474 e. The molecule has 18 nitrogen and oxygen atoms in total. The second-order valence-electron chi connectivity index (χ2n) is 14.9. The fourth-order valence-electron chi connectivity index (χ4n) is 7.51. The maximum absolute atomic E-state index is 14.7. The Hall–Kier alpha value is -4.29. The van der Waals surface area contributed by atoms with Crippen LogP contribution in [0.4, 0.5) is 0 Å². The summed E-state index contributed by atoms with van der Waals surface area (Å²) in [6.07, 6.45) is -0.0456. The van der Waals surface area contributed by atoms with Crippen LogP contribution < -0.4 is 15.3 Å². The van der Waals surface area contributed by atoms with Crippen LogP contribution in [0.1, 0.15) is 62.1 Å². The molecular weight excluding hydrogens is 818 g/mol. The number of phosphoric acid groups is 1. The van der Waals surface area contributed by atoms with Gasteiger partial charge in [-0.1, -0.05) is 73.2 Å². The second-order valence-corrected chi connectivity index (χ2v) is 18.1. The van der Waals surface area contributed by atoms with E-state index in [0.717, 1.165) is 37.5 Å². The molecule has 6 N–H and O–H groups in total. The van der Waals surface area contributed by atoms with Gasteiger partial charge >= 0.3 is 21.5 Å². The summed E-state index contributed by atoms with van der Waals surface area (Å²) in [7, 11) is -8.96. The highest BCUT2D eigenvalue weighted by molar-refractivity contribution is 7.52. The number of aliphatic hydroxyl groups excluding tert-OH is 2. The molecule has 2 fully saturated rings. The van der Waals surface area contributed by atoms with Crippen LogP contribution in [0, 0.1) is 0 Å². The van der Waals surface area contributed by atoms with Crippen molar-refractivity contribution < 1.29 is 56.6 Å². The van der Waals surface area contributed by atoms with E-state index < -0.39 is 71.0 Å². The van der Waals surface area contributed by atoms with Gasteiger partial charge in [0.25, 0.3) is 0 Å². The number of rotatable bonds is 18. The average molecular weight is 869 g/mol. The smallest absolute Gasteiger partial charge is 0.461 e. The quantitative estimate of drug-likeness (QED) is 0.0499. The molecule has 1 saturated carbocycles. The minimum Gasteiger partial charge on any atom is -0.461 e. The van der Waals surface area contributed by atoms with Crippen molar-refractivity contribution >= 4 is 45.4 Å². The van der Waals surface area contributed by atoms with E-state index in [2.05, 4.69) is 21.9 Å². The number of aromatic nitrogens is 1. The Morgan fingerprint density at radius 1 is 1.02 bits per heavy atom. The minimum absolute atomic E-state index is 0.153. The van der Waals surface area contributed by atoms with Gasteiger partial charge in [0, 0.05) is 5.39 Å². The van der Waals surface area contributed by atoms with Crippen molar-refractivity contribution in [3.05, 3.63) is 102 Å². The lowest BCUT2D eigenvalue weighted by Gasteiger charge is -2.34. The third-order valence-corrected chi connectivity index (χ3v) is 13.2. The zero-order valence-electron chi connectivity index (χ0n) is 33.0. The average Bonchev–Trinajstić information content (AvgIpc) is 3.79. The van der Waals surface area contributed by atoms with Crippen LogP contribution in [0.25, 0.3) is 10.8 Å². The van der Waals surface area contributed by atoms with Crippen LogP contribution in [0.2, 0.25) is 0 Å². The Bertz CT molecular complexity index is 2250. The lowest BCUT2D eigenvalue weighted by Crippen LogP contribution is -2.46. The maximum atomic E-state index is 14.7. The van der Waals surface area contributed by atoms with Crippen molar-refractivity contribution in [1.29, 1.82) is 0 Å². The van der Waals surface area contributed by atoms with Gasteiger partial charge in [-0.3, -0.25) is 23.4 Å². The van der Waals surface area contributed by atoms with Gasteiger partial charge in [-0.2, -0.15) is 10.2 Å². The predicted octanol–water partition coefficient (Wildman–Crippen LogP) is 5.07. The topological polar surface area (TPSA) is 238 Å². The van der Waals surface area contributed by atoms with E-state index in [1.54, 1.807) is 60.7 Å². The molecule has 3 heterocycles. The van der Waals surface area contributed by atoms with Crippen LogP contribution in [0.3, 0.4) is 0 Å². The molecule has 0 spiro atoms. The minimum atomic E-state index is -4.49. The molecule has 7 rings (SSSR count). The van der Waals surface area contributed by atoms with Gasteiger partial charge in [-0.15, -0.1) is 0 Å². The molecule has 4 aromatic rings. The summed E-state index contributed by atoms with van der Waals surface area (Å²) in [5, 5.41) is 31.7. The molecule has 60 heavy (non-hydrogen) atoms. The Morgan fingerprint density at radius 3 is 2.52 bits per heavy atom. The van der Waals surface area contributed by atoms with Crippen molar-refractivity contribution in [2.75, 3.05) is 19.9 Å². The van der Waals surface area contributed by atoms with Crippen molar-refractivity contribution in [3.63, 3.8) is 0 Å². The van der Waals surface area contributed by atoms with Crippen molar-refractivity contribution in [2.24, 2.45) is 15.8 Å². The van der Waals surface area contributed by atoms with Crippen molar-refractivity contribution in [2.45, 2.75) is 87.9 Å². The predicted molar refractivity (Wildman–Crippen MR) is 221 cm³/mol. The highest BCUT2D eigenvalue weighted by Gasteiger charge is 2.57. The van der Waals surface area contributed by atoms with E-state index in [9.17, 15) is 29.0 Å². The van der Waals surface area contributed by atoms with E-state index in [4.69, 9.17) is 33.3 Å². The summed E-state index contributed by atoms with van der Waals surface area (Å²) in [5.41, 5.74) is 6.06. The van der Waals surface area contributed by atoms with Crippen LogP contribution in [0.15, 0.2) is 95.0 Å². The first-order chi connectivity index (χ1) is 28.8. The first kappa shape index (κ1) is 43.8. The highest BCUT2D eigenvalue weighted by atomic mass is 31.2. The number of nitrogens with zero attached hydrogens (tertiary/aromatic N) is 4. The maximum Gasteiger partial charge on any atom is 0.474 e. The monoisotopic (exact) mass is 868 g/mol. The summed E-state index contributed by atoms with van der Waals surface area (Å²) in [4.78, 5) is 28.9. The lowest BCUT2D eigenvalue weighted by molar-refractivity contribution is -0.152. The number of benzene rings is 3. The molecule has 0 radical (unpaired) electrons. The van der Waals surface area contributed by atoms with Gasteiger partial charge in [0.1, 0.15) is 55.4 Å². The van der Waals surface area contributed by atoms with Crippen LogP contribution in [-0.4, -0.2) is 94.0 Å². The molecule has 3 unspecified atom stereocenters. The fraction of sp³-hybridized carbons (Fsp3) is 0.425. The molecule has 0 bridgehead atoms. The third kappa shape index (κ3) is 9.75. The molecule has 8 atom stereocenters. The molecule has 1 aromatic heterocycles. The zero-order chi connectivity index (χ0) is 42.5. The number of carbonyl (C=O) groups is 1. The lowest BCUT2D eigenvalue weighted by atomic mass is 9.91. The van der Waals surface area contributed by atoms with Crippen LogP contribution in [-0.2, 0) is 49.2 Å². The standard InChI is InChI=1S/C40H50N6O12P2/c1-27(39(49)56-30-16-7-4-8-17-30)44-59(50,58-33-19-11-15-29-14-9-10-18-31(29)33)53-23-34-36(47)37(48)40(57-34,24-42-2)35-21-20-32-38(41)45(25-43-46(32)35)26-55-60(51,52)54-22-28-12-5-3-6-13-28/h3,5-6,9-15,18-21,25,27,30,34,36-38,47-48H,2,4,7-8,16-17,22-24,26,41H2,1H3,(H,44,50)(H,51,52)/t27-,34+,36+,37+,38?,40-,59?/m0/s1. The first-order valence-corrected chi connectivity index (χ1v) is 22.7. The molecule has 3 aliphatic rings. The molecule has 0 amide bonds. The second kappa shape index (κ2) is 18.8. The molecule has 1 aliphatic carbocycles. The first-order valence-electron chi connectivity index (χ1n) is 19.6. The number of hydrogen-bond acceptors (Lipinski definition) is 15. The number of fused-ring (bicyclic) bond motifs is 2. The van der Waals surface area contributed by atoms with Gasteiger partial charge in [0.2, 0.25) is 0 Å². The SMILES string of the molecule is C=NC[C@@]1(c2ccc3n2N=CN(COP(=O)(O)OCc2ccccc2)C3N)O[C@H](COP(=O)(N[C@@H](C)C(=O)OC2CCCCC2)Oc2cccc3ccccc23)[C@@H](O)[C@H]1O. The van der Waals surface area contributed by atoms with Crippen molar-refractivity contribution in [3.8, 4) is 5.75 Å². The Labute approximate surface area is 347 Å². The van der Waals surface area contributed by atoms with Crippen LogP contribution >= 0.6 is 15.6 Å². The normalized spacial score (nSPS) is 25.6. The summed E-state index contributed by atoms with van der Waals surface area (Å²) in [6, 6.07) is 23.4. The Balaban J connectivity index is 1.07.